The largest absolute Gasteiger partial charge is 0.465 e. The molecule has 2 amide bonds. The molecular weight excluding hydrogens is 504 g/mol. The summed E-state index contributed by atoms with van der Waals surface area (Å²) in [5.74, 6) is -0.0286. The van der Waals surface area contributed by atoms with Crippen molar-refractivity contribution in [2.45, 2.75) is 56.3 Å². The number of thiophene rings is 1. The molecule has 1 atom stereocenters. The van der Waals surface area contributed by atoms with Crippen molar-refractivity contribution in [3.63, 3.8) is 0 Å². The van der Waals surface area contributed by atoms with Gasteiger partial charge in [0.1, 0.15) is 5.00 Å². The third-order valence-electron chi connectivity index (χ3n) is 6.42. The molecule has 3 aromatic rings. The van der Waals surface area contributed by atoms with Crippen molar-refractivity contribution in [3.05, 3.63) is 76.2 Å². The second kappa shape index (κ2) is 12.9. The van der Waals surface area contributed by atoms with Crippen LogP contribution in [0.5, 0.6) is 0 Å². The lowest BCUT2D eigenvalue weighted by Gasteiger charge is -2.22. The van der Waals surface area contributed by atoms with E-state index in [1.165, 1.54) is 35.8 Å². The number of carbonyl (C=O) groups is 3. The molecule has 1 aliphatic carbocycles. The van der Waals surface area contributed by atoms with Gasteiger partial charge in [0.2, 0.25) is 11.8 Å². The molecule has 0 bridgehead atoms. The number of esters is 1. The fourth-order valence-electron chi connectivity index (χ4n) is 4.54. The highest BCUT2D eigenvalue weighted by Crippen LogP contribution is 2.42. The quantitative estimate of drug-likeness (QED) is 0.223. The fraction of sp³-hybridized carbons (Fsp3) is 0.345. The summed E-state index contributed by atoms with van der Waals surface area (Å²) in [6.07, 6.45) is 4.89. The van der Waals surface area contributed by atoms with Crippen LogP contribution in [-0.4, -0.2) is 30.6 Å². The molecule has 0 fully saturated rings. The van der Waals surface area contributed by atoms with Crippen LogP contribution in [0.25, 0.3) is 0 Å². The number of fused-ring (bicyclic) bond motifs is 1. The van der Waals surface area contributed by atoms with Crippen LogP contribution >= 0.6 is 23.1 Å². The lowest BCUT2D eigenvalue weighted by molar-refractivity contribution is -0.116. The molecule has 0 radical (unpaired) electrons. The zero-order valence-electron chi connectivity index (χ0n) is 21.2. The molecule has 2 N–H and O–H groups in total. The van der Waals surface area contributed by atoms with Crippen LogP contribution in [0, 0.1) is 0 Å². The topological polar surface area (TPSA) is 84.5 Å². The number of methoxy groups -OCH3 is 1. The highest BCUT2D eigenvalue weighted by Gasteiger charge is 2.30. The van der Waals surface area contributed by atoms with E-state index in [-0.39, 0.29) is 17.6 Å². The zero-order chi connectivity index (χ0) is 26.2. The SMILES string of the molecule is CCCCC(=O)Nc1cccc(SCC(=O)Nc2sc3c(c2C(=O)OC)CCC(c2ccccc2)C3)c1. The van der Waals surface area contributed by atoms with Gasteiger partial charge < -0.3 is 15.4 Å². The van der Waals surface area contributed by atoms with Gasteiger partial charge in [-0.05, 0) is 60.9 Å². The van der Waals surface area contributed by atoms with Crippen molar-refractivity contribution < 1.29 is 19.1 Å². The Kier molecular flexibility index (Phi) is 9.41. The predicted octanol–water partition coefficient (Wildman–Crippen LogP) is 6.67. The van der Waals surface area contributed by atoms with Gasteiger partial charge in [-0.15, -0.1) is 23.1 Å². The number of amides is 2. The lowest BCUT2D eigenvalue weighted by atomic mass is 9.83. The second-order valence-electron chi connectivity index (χ2n) is 9.07. The minimum atomic E-state index is -0.412. The fourth-order valence-corrected chi connectivity index (χ4v) is 6.62. The number of thioether (sulfide) groups is 1. The molecule has 1 unspecified atom stereocenters. The van der Waals surface area contributed by atoms with Crippen LogP contribution in [-0.2, 0) is 27.2 Å². The number of ether oxygens (including phenoxy) is 1. The van der Waals surface area contributed by atoms with Gasteiger partial charge in [0.05, 0.1) is 18.4 Å². The maximum Gasteiger partial charge on any atom is 0.341 e. The first kappa shape index (κ1) is 26.9. The number of anilines is 2. The molecule has 0 spiro atoms. The molecule has 194 valence electrons. The van der Waals surface area contributed by atoms with Crippen LogP contribution in [0.4, 0.5) is 10.7 Å². The van der Waals surface area contributed by atoms with Crippen LogP contribution in [0.15, 0.2) is 59.5 Å². The highest BCUT2D eigenvalue weighted by atomic mass is 32.2. The number of benzene rings is 2. The monoisotopic (exact) mass is 536 g/mol. The molecule has 1 aliphatic rings. The van der Waals surface area contributed by atoms with E-state index in [9.17, 15) is 14.4 Å². The molecule has 2 aromatic carbocycles. The van der Waals surface area contributed by atoms with Crippen molar-refractivity contribution >= 4 is 51.6 Å². The minimum absolute atomic E-state index is 0.00625. The summed E-state index contributed by atoms with van der Waals surface area (Å²) < 4.78 is 5.07. The smallest absolute Gasteiger partial charge is 0.341 e. The van der Waals surface area contributed by atoms with Gasteiger partial charge in [-0.2, -0.15) is 0 Å². The van der Waals surface area contributed by atoms with Crippen molar-refractivity contribution in [1.82, 2.24) is 0 Å². The summed E-state index contributed by atoms with van der Waals surface area (Å²) in [6, 6.07) is 17.9. The molecule has 4 rings (SSSR count). The first-order valence-corrected chi connectivity index (χ1v) is 14.4. The van der Waals surface area contributed by atoms with E-state index in [1.54, 1.807) is 0 Å². The second-order valence-corrected chi connectivity index (χ2v) is 11.2. The van der Waals surface area contributed by atoms with Crippen LogP contribution < -0.4 is 10.6 Å². The van der Waals surface area contributed by atoms with E-state index in [4.69, 9.17) is 4.74 Å². The summed E-state index contributed by atoms with van der Waals surface area (Å²) in [6.45, 7) is 2.05. The van der Waals surface area contributed by atoms with E-state index in [0.717, 1.165) is 53.1 Å². The maximum absolute atomic E-state index is 12.9. The van der Waals surface area contributed by atoms with Gasteiger partial charge in [0, 0.05) is 21.9 Å². The molecule has 6 nitrogen and oxygen atoms in total. The normalized spacial score (nSPS) is 14.5. The van der Waals surface area contributed by atoms with Crippen LogP contribution in [0.2, 0.25) is 0 Å². The summed E-state index contributed by atoms with van der Waals surface area (Å²) in [4.78, 5) is 39.6. The summed E-state index contributed by atoms with van der Waals surface area (Å²) in [7, 11) is 1.37. The molecule has 0 aliphatic heterocycles. The third-order valence-corrected chi connectivity index (χ3v) is 8.59. The van der Waals surface area contributed by atoms with E-state index < -0.39 is 5.97 Å². The van der Waals surface area contributed by atoms with Crippen molar-refractivity contribution in [2.24, 2.45) is 0 Å². The highest BCUT2D eigenvalue weighted by molar-refractivity contribution is 8.00. The first-order valence-electron chi connectivity index (χ1n) is 12.6. The Morgan fingerprint density at radius 1 is 1.05 bits per heavy atom. The number of rotatable bonds is 10. The van der Waals surface area contributed by atoms with Crippen molar-refractivity contribution in [2.75, 3.05) is 23.5 Å². The maximum atomic E-state index is 12.9. The van der Waals surface area contributed by atoms with Gasteiger partial charge >= 0.3 is 5.97 Å². The Labute approximate surface area is 226 Å². The number of carbonyl (C=O) groups excluding carboxylic acids is 3. The van der Waals surface area contributed by atoms with Crippen molar-refractivity contribution in [1.29, 1.82) is 0 Å². The molecule has 0 saturated carbocycles. The number of nitrogens with one attached hydrogen (secondary N) is 2. The van der Waals surface area contributed by atoms with Gasteiger partial charge in [0.15, 0.2) is 0 Å². The number of unbranched alkanes of at least 4 members (excludes halogenated alkanes) is 1. The van der Waals surface area contributed by atoms with E-state index >= 15 is 0 Å². The molecule has 0 saturated heterocycles. The Morgan fingerprint density at radius 3 is 2.62 bits per heavy atom. The Hall–Kier alpha value is -3.10. The lowest BCUT2D eigenvalue weighted by Crippen LogP contribution is -2.17. The van der Waals surface area contributed by atoms with Gasteiger partial charge in [0.25, 0.3) is 0 Å². The van der Waals surface area contributed by atoms with Crippen molar-refractivity contribution in [3.8, 4) is 0 Å². The molecule has 1 heterocycles. The summed E-state index contributed by atoms with van der Waals surface area (Å²) in [5, 5.41) is 6.44. The van der Waals surface area contributed by atoms with Crippen LogP contribution in [0.3, 0.4) is 0 Å². The first-order chi connectivity index (χ1) is 18.0. The minimum Gasteiger partial charge on any atom is -0.465 e. The number of hydrogen-bond acceptors (Lipinski definition) is 6. The zero-order valence-corrected chi connectivity index (χ0v) is 22.8. The van der Waals surface area contributed by atoms with E-state index in [2.05, 4.69) is 41.8 Å². The molecule has 37 heavy (non-hydrogen) atoms. The predicted molar refractivity (Wildman–Crippen MR) is 151 cm³/mol. The van der Waals surface area contributed by atoms with Gasteiger partial charge in [-0.1, -0.05) is 49.7 Å². The average Bonchev–Trinajstić information content (AvgIpc) is 3.27. The Balaban J connectivity index is 1.42. The van der Waals surface area contributed by atoms with Gasteiger partial charge in [-0.25, -0.2) is 4.79 Å². The Bertz CT molecular complexity index is 1260. The molecule has 1 aromatic heterocycles. The summed E-state index contributed by atoms with van der Waals surface area (Å²) in [5.41, 5.74) is 3.51. The summed E-state index contributed by atoms with van der Waals surface area (Å²) >= 11 is 2.86. The molecular formula is C29H32N2O4S2. The van der Waals surface area contributed by atoms with Crippen LogP contribution in [0.1, 0.15) is 64.9 Å². The van der Waals surface area contributed by atoms with E-state index in [1.807, 2.05) is 30.3 Å². The Morgan fingerprint density at radius 2 is 1.86 bits per heavy atom. The standard InChI is InChI=1S/C29H32N2O4S2/c1-3-4-13-25(32)30-21-11-8-12-22(17-21)36-18-26(33)31-28-27(29(34)35-2)23-15-14-20(16-24(23)37-28)19-9-6-5-7-10-19/h5-12,17,20H,3-4,13-16,18H2,1-2H3,(H,30,32)(H,31,33). The number of hydrogen-bond donors (Lipinski definition) is 2. The third kappa shape index (κ3) is 7.02. The van der Waals surface area contributed by atoms with Gasteiger partial charge in [-0.3, -0.25) is 9.59 Å². The average molecular weight is 537 g/mol. The molecule has 8 heteroatoms. The van der Waals surface area contributed by atoms with E-state index in [0.29, 0.717) is 22.9 Å².